The number of hydrogen-bond donors (Lipinski definition) is 1. The number of Topliss-reactive ketones (excluding diaryl/α,β-unsaturated/α-hetero) is 1. The van der Waals surface area contributed by atoms with Crippen LogP contribution in [0.3, 0.4) is 0 Å². The summed E-state index contributed by atoms with van der Waals surface area (Å²) in [5.74, 6) is 0.493. The number of carbonyl (C=O) groups is 1. The molecule has 4 aliphatic rings. The number of rotatable bonds is 4. The lowest BCUT2D eigenvalue weighted by Gasteiger charge is -2.62. The van der Waals surface area contributed by atoms with E-state index in [0.717, 1.165) is 38.5 Å². The second-order valence-electron chi connectivity index (χ2n) is 11.9. The second kappa shape index (κ2) is 7.86. The van der Waals surface area contributed by atoms with Crippen LogP contribution in [0.15, 0.2) is 12.3 Å². The standard InChI is InChI=1S/C26H35F2N3O2/c1-24(33)10-11-26(23(27)28)16(13-24)3-4-18-19-5-6-21(25(19,2)9-7-20(18)26)22(32)15-31-12-8-17(14-29)30-31/h8,12,16,18-21,23,33H,3-7,9-11,13,15H2,1-2H3/t16?,18?,19-,20-,21+,24+,25?,26+/m0/s1. The van der Waals surface area contributed by atoms with E-state index in [-0.39, 0.29) is 41.4 Å². The van der Waals surface area contributed by atoms with Gasteiger partial charge in [-0.1, -0.05) is 6.92 Å². The van der Waals surface area contributed by atoms with Gasteiger partial charge in [0.1, 0.15) is 6.07 Å². The van der Waals surface area contributed by atoms with Gasteiger partial charge in [0.2, 0.25) is 6.43 Å². The lowest BCUT2D eigenvalue weighted by atomic mass is 9.43. The van der Waals surface area contributed by atoms with E-state index >= 15 is 0 Å². The summed E-state index contributed by atoms with van der Waals surface area (Å²) >= 11 is 0. The maximum atomic E-state index is 14.8. The topological polar surface area (TPSA) is 78.9 Å². The highest BCUT2D eigenvalue weighted by Gasteiger charge is 2.65. The van der Waals surface area contributed by atoms with Crippen molar-refractivity contribution in [1.82, 2.24) is 9.78 Å². The fourth-order valence-corrected chi connectivity index (χ4v) is 8.88. The number of aromatic nitrogens is 2. The van der Waals surface area contributed by atoms with Crippen molar-refractivity contribution >= 4 is 5.78 Å². The molecule has 4 saturated carbocycles. The fourth-order valence-electron chi connectivity index (χ4n) is 8.88. The third-order valence-corrected chi connectivity index (χ3v) is 10.4. The predicted molar refractivity (Wildman–Crippen MR) is 118 cm³/mol. The van der Waals surface area contributed by atoms with Gasteiger partial charge in [-0.15, -0.1) is 0 Å². The van der Waals surface area contributed by atoms with Crippen molar-refractivity contribution in [2.75, 3.05) is 0 Å². The molecule has 4 fully saturated rings. The summed E-state index contributed by atoms with van der Waals surface area (Å²) in [6, 6.07) is 3.61. The van der Waals surface area contributed by atoms with Crippen LogP contribution in [0.4, 0.5) is 8.78 Å². The Kier molecular flexibility index (Phi) is 5.47. The third kappa shape index (κ3) is 3.47. The molecule has 1 N–H and O–H groups in total. The lowest BCUT2D eigenvalue weighted by Crippen LogP contribution is -2.59. The molecule has 0 saturated heterocycles. The first-order valence-corrected chi connectivity index (χ1v) is 12.6. The Morgan fingerprint density at radius 2 is 2.00 bits per heavy atom. The summed E-state index contributed by atoms with van der Waals surface area (Å²) in [5.41, 5.74) is -1.65. The van der Waals surface area contributed by atoms with Crippen molar-refractivity contribution in [3.63, 3.8) is 0 Å². The van der Waals surface area contributed by atoms with Crippen molar-refractivity contribution in [1.29, 1.82) is 5.26 Å². The third-order valence-electron chi connectivity index (χ3n) is 10.4. The maximum Gasteiger partial charge on any atom is 0.244 e. The molecule has 0 bridgehead atoms. The first-order chi connectivity index (χ1) is 15.6. The average Bonchev–Trinajstić information content (AvgIpc) is 3.36. The summed E-state index contributed by atoms with van der Waals surface area (Å²) in [4.78, 5) is 13.3. The van der Waals surface area contributed by atoms with Crippen molar-refractivity contribution in [3.05, 3.63) is 18.0 Å². The molecule has 0 spiro atoms. The first kappa shape index (κ1) is 23.0. The van der Waals surface area contributed by atoms with Crippen LogP contribution in [-0.4, -0.2) is 32.7 Å². The van der Waals surface area contributed by atoms with Crippen LogP contribution in [0, 0.1) is 51.8 Å². The van der Waals surface area contributed by atoms with Crippen molar-refractivity contribution < 1.29 is 18.7 Å². The van der Waals surface area contributed by atoms with Gasteiger partial charge in [-0.3, -0.25) is 9.48 Å². The Hall–Kier alpha value is -1.81. The van der Waals surface area contributed by atoms with E-state index in [9.17, 15) is 18.7 Å². The smallest absolute Gasteiger partial charge is 0.244 e. The van der Waals surface area contributed by atoms with Gasteiger partial charge in [0.15, 0.2) is 11.5 Å². The minimum Gasteiger partial charge on any atom is -0.390 e. The highest BCUT2D eigenvalue weighted by Crippen LogP contribution is 2.69. The molecule has 8 atom stereocenters. The van der Waals surface area contributed by atoms with Crippen LogP contribution >= 0.6 is 0 Å². The van der Waals surface area contributed by atoms with Gasteiger partial charge in [0.25, 0.3) is 0 Å². The minimum absolute atomic E-state index is 0.0106. The number of carbonyl (C=O) groups excluding carboxylic acids is 1. The Balaban J connectivity index is 1.38. The number of nitrogens with zero attached hydrogens (tertiary/aromatic N) is 3. The number of alkyl halides is 2. The minimum atomic E-state index is -2.36. The van der Waals surface area contributed by atoms with E-state index in [1.165, 1.54) is 0 Å². The SMILES string of the molecule is CC12CC[C@H]3C(CCC4C[C@](C)(O)CC[C@@]43C(F)F)[C@@H]1CC[C@@H]2C(=O)Cn1ccc(C#N)n1. The molecule has 33 heavy (non-hydrogen) atoms. The zero-order chi connectivity index (χ0) is 23.6. The quantitative estimate of drug-likeness (QED) is 0.689. The number of nitriles is 1. The van der Waals surface area contributed by atoms with Gasteiger partial charge in [0.05, 0.1) is 12.1 Å². The molecule has 0 radical (unpaired) electrons. The summed E-state index contributed by atoms with van der Waals surface area (Å²) in [7, 11) is 0. The molecular weight excluding hydrogens is 424 g/mol. The largest absolute Gasteiger partial charge is 0.390 e. The van der Waals surface area contributed by atoms with Gasteiger partial charge >= 0.3 is 0 Å². The van der Waals surface area contributed by atoms with Crippen LogP contribution in [0.2, 0.25) is 0 Å². The molecular formula is C26H35F2N3O2. The molecule has 0 amide bonds. The molecule has 1 heterocycles. The van der Waals surface area contributed by atoms with Crippen LogP contribution in [0.25, 0.3) is 0 Å². The fraction of sp³-hybridized carbons (Fsp3) is 0.808. The van der Waals surface area contributed by atoms with E-state index in [4.69, 9.17) is 5.26 Å². The number of hydrogen-bond acceptors (Lipinski definition) is 4. The van der Waals surface area contributed by atoms with Gasteiger partial charge in [-0.05, 0) is 99.9 Å². The highest BCUT2D eigenvalue weighted by molar-refractivity contribution is 5.82. The summed E-state index contributed by atoms with van der Waals surface area (Å²) in [5, 5.41) is 23.8. The maximum absolute atomic E-state index is 14.8. The predicted octanol–water partition coefficient (Wildman–Crippen LogP) is 4.98. The Morgan fingerprint density at radius 1 is 1.21 bits per heavy atom. The van der Waals surface area contributed by atoms with Gasteiger partial charge in [0, 0.05) is 17.5 Å². The average molecular weight is 460 g/mol. The Labute approximate surface area is 194 Å². The number of aliphatic hydroxyl groups is 1. The molecule has 7 heteroatoms. The molecule has 1 aromatic rings. The van der Waals surface area contributed by atoms with Crippen LogP contribution in [0.1, 0.15) is 77.3 Å². The Bertz CT molecular complexity index is 969. The lowest BCUT2D eigenvalue weighted by molar-refractivity contribution is -0.207. The van der Waals surface area contributed by atoms with E-state index in [1.54, 1.807) is 23.9 Å². The van der Waals surface area contributed by atoms with Crippen molar-refractivity contribution in [3.8, 4) is 6.07 Å². The van der Waals surface area contributed by atoms with Gasteiger partial charge in [-0.2, -0.15) is 10.4 Å². The number of fused-ring (bicyclic) bond motifs is 5. The highest BCUT2D eigenvalue weighted by atomic mass is 19.3. The zero-order valence-corrected chi connectivity index (χ0v) is 19.6. The molecule has 4 aliphatic carbocycles. The monoisotopic (exact) mass is 459 g/mol. The number of ketones is 1. The first-order valence-electron chi connectivity index (χ1n) is 12.6. The second-order valence-corrected chi connectivity index (χ2v) is 11.9. The molecule has 0 aliphatic heterocycles. The molecule has 180 valence electrons. The Morgan fingerprint density at radius 3 is 2.70 bits per heavy atom. The normalized spacial score (nSPS) is 44.6. The van der Waals surface area contributed by atoms with Gasteiger partial charge < -0.3 is 5.11 Å². The summed E-state index contributed by atoms with van der Waals surface area (Å²) < 4.78 is 31.2. The van der Waals surface area contributed by atoms with Gasteiger partial charge in [-0.25, -0.2) is 8.78 Å². The van der Waals surface area contributed by atoms with E-state index in [2.05, 4.69) is 12.0 Å². The van der Waals surface area contributed by atoms with Crippen LogP contribution in [0.5, 0.6) is 0 Å². The molecule has 1 aromatic heterocycles. The van der Waals surface area contributed by atoms with Crippen molar-refractivity contribution in [2.45, 2.75) is 90.2 Å². The molecule has 5 rings (SSSR count). The number of halogens is 2. The molecule has 0 aromatic carbocycles. The summed E-state index contributed by atoms with van der Waals surface area (Å²) in [6.07, 6.45) is 5.68. The van der Waals surface area contributed by atoms with Crippen molar-refractivity contribution in [2.24, 2.45) is 40.4 Å². The zero-order valence-electron chi connectivity index (χ0n) is 19.6. The van der Waals surface area contributed by atoms with E-state index < -0.39 is 17.4 Å². The molecule has 3 unspecified atom stereocenters. The van der Waals surface area contributed by atoms with Crippen LogP contribution in [-0.2, 0) is 11.3 Å². The van der Waals surface area contributed by atoms with E-state index in [1.807, 2.05) is 6.07 Å². The molecule has 5 nitrogen and oxygen atoms in total. The van der Waals surface area contributed by atoms with E-state index in [0.29, 0.717) is 30.9 Å². The summed E-state index contributed by atoms with van der Waals surface area (Å²) in [6.45, 7) is 4.19. The van der Waals surface area contributed by atoms with Crippen LogP contribution < -0.4 is 0 Å².